The van der Waals surface area contributed by atoms with Gasteiger partial charge in [0.1, 0.15) is 5.01 Å². The van der Waals surface area contributed by atoms with Crippen molar-refractivity contribution in [1.29, 1.82) is 0 Å². The van der Waals surface area contributed by atoms with Crippen LogP contribution < -0.4 is 5.32 Å². The fraction of sp³-hybridized carbons (Fsp3) is 0.412. The first-order valence-corrected chi connectivity index (χ1v) is 11.0. The van der Waals surface area contributed by atoms with E-state index in [4.69, 9.17) is 0 Å². The Kier molecular flexibility index (Phi) is 6.06. The van der Waals surface area contributed by atoms with Crippen molar-refractivity contribution < 1.29 is 18.0 Å². The van der Waals surface area contributed by atoms with E-state index in [9.17, 15) is 18.0 Å². The van der Waals surface area contributed by atoms with Gasteiger partial charge < -0.3 is 4.90 Å². The van der Waals surface area contributed by atoms with Gasteiger partial charge in [0.05, 0.1) is 4.90 Å². The number of nitrogens with one attached hydrogen (secondary N) is 1. The summed E-state index contributed by atoms with van der Waals surface area (Å²) in [6, 6.07) is 5.76. The molecule has 9 nitrogen and oxygen atoms in total. The number of anilines is 1. The van der Waals surface area contributed by atoms with Crippen molar-refractivity contribution in [2.45, 2.75) is 24.7 Å². The summed E-state index contributed by atoms with van der Waals surface area (Å²) in [7, 11) is -3.66. The summed E-state index contributed by atoms with van der Waals surface area (Å²) in [5, 5.41) is 11.9. The molecule has 0 unspecified atom stereocenters. The maximum Gasteiger partial charge on any atom is 0.257 e. The lowest BCUT2D eigenvalue weighted by molar-refractivity contribution is -0.119. The van der Waals surface area contributed by atoms with Crippen LogP contribution in [0.5, 0.6) is 0 Å². The van der Waals surface area contributed by atoms with Gasteiger partial charge in [-0.2, -0.15) is 4.31 Å². The first-order chi connectivity index (χ1) is 13.3. The summed E-state index contributed by atoms with van der Waals surface area (Å²) < 4.78 is 26.8. The van der Waals surface area contributed by atoms with Gasteiger partial charge >= 0.3 is 0 Å². The lowest BCUT2D eigenvalue weighted by Gasteiger charge is -2.31. The molecular formula is C17H21N5O4S2. The monoisotopic (exact) mass is 423 g/mol. The molecule has 11 heteroatoms. The van der Waals surface area contributed by atoms with E-state index in [1.165, 1.54) is 44.8 Å². The first-order valence-electron chi connectivity index (χ1n) is 8.75. The maximum absolute atomic E-state index is 12.7. The molecule has 2 heterocycles. The zero-order valence-electron chi connectivity index (χ0n) is 15.5. The Labute approximate surface area is 167 Å². The highest BCUT2D eigenvalue weighted by Crippen LogP contribution is 2.23. The molecule has 0 aliphatic carbocycles. The standard InChI is InChI=1S/C17H21N5O4S2/c1-12(2)16-19-20-17(27-16)18-15(24)13-3-5-14(6-4-13)28(25,26)22-9-7-21(11-23)8-10-22/h3-6,11-12H,7-10H2,1-2H3,(H,18,20,24). The summed E-state index contributed by atoms with van der Waals surface area (Å²) in [5.41, 5.74) is 0.325. The second kappa shape index (κ2) is 8.33. The van der Waals surface area contributed by atoms with E-state index >= 15 is 0 Å². The second-order valence-corrected chi connectivity index (χ2v) is 9.57. The third-order valence-corrected chi connectivity index (χ3v) is 7.38. The van der Waals surface area contributed by atoms with Gasteiger partial charge in [-0.05, 0) is 24.3 Å². The topological polar surface area (TPSA) is 113 Å². The lowest BCUT2D eigenvalue weighted by atomic mass is 10.2. The number of amides is 2. The largest absolute Gasteiger partial charge is 0.343 e. The molecule has 2 amide bonds. The quantitative estimate of drug-likeness (QED) is 0.703. The Bertz CT molecular complexity index is 948. The second-order valence-electron chi connectivity index (χ2n) is 6.62. The van der Waals surface area contributed by atoms with Crippen LogP contribution in [0, 0.1) is 0 Å². The highest BCUT2D eigenvalue weighted by molar-refractivity contribution is 7.89. The van der Waals surface area contributed by atoms with Crippen LogP contribution in [0.25, 0.3) is 0 Å². The molecule has 3 rings (SSSR count). The van der Waals surface area contributed by atoms with Gasteiger partial charge in [-0.25, -0.2) is 8.42 Å². The van der Waals surface area contributed by atoms with Gasteiger partial charge in [-0.15, -0.1) is 10.2 Å². The van der Waals surface area contributed by atoms with Crippen LogP contribution in [0.15, 0.2) is 29.2 Å². The lowest BCUT2D eigenvalue weighted by Crippen LogP contribution is -2.47. The minimum Gasteiger partial charge on any atom is -0.343 e. The summed E-state index contributed by atoms with van der Waals surface area (Å²) >= 11 is 1.31. The molecule has 1 aromatic heterocycles. The summed E-state index contributed by atoms with van der Waals surface area (Å²) in [4.78, 5) is 24.8. The summed E-state index contributed by atoms with van der Waals surface area (Å²) in [6.07, 6.45) is 0.722. The number of rotatable bonds is 6. The maximum atomic E-state index is 12.7. The van der Waals surface area contributed by atoms with E-state index in [0.29, 0.717) is 23.8 Å². The fourth-order valence-corrected chi connectivity index (χ4v) is 4.83. The van der Waals surface area contributed by atoms with Crippen LogP contribution in [0.3, 0.4) is 0 Å². The van der Waals surface area contributed by atoms with Gasteiger partial charge in [0.15, 0.2) is 0 Å². The Balaban J connectivity index is 1.68. The third-order valence-electron chi connectivity index (χ3n) is 4.33. The zero-order valence-corrected chi connectivity index (χ0v) is 17.2. The summed E-state index contributed by atoms with van der Waals surface area (Å²) in [6.45, 7) is 5.21. The molecule has 1 saturated heterocycles. The van der Waals surface area contributed by atoms with E-state index in [0.717, 1.165) is 11.4 Å². The number of hydrogen-bond acceptors (Lipinski definition) is 7. The first kappa shape index (κ1) is 20.4. The molecule has 1 fully saturated rings. The van der Waals surface area contributed by atoms with Crippen molar-refractivity contribution in [1.82, 2.24) is 19.4 Å². The van der Waals surface area contributed by atoms with Crippen molar-refractivity contribution in [3.8, 4) is 0 Å². The van der Waals surface area contributed by atoms with E-state index in [1.54, 1.807) is 0 Å². The number of aromatic nitrogens is 2. The zero-order chi connectivity index (χ0) is 20.3. The highest BCUT2D eigenvalue weighted by Gasteiger charge is 2.28. The van der Waals surface area contributed by atoms with Gasteiger partial charge in [-0.3, -0.25) is 14.9 Å². The number of nitrogens with zero attached hydrogens (tertiary/aromatic N) is 4. The molecule has 1 aliphatic heterocycles. The van der Waals surface area contributed by atoms with Crippen molar-refractivity contribution in [3.63, 3.8) is 0 Å². The van der Waals surface area contributed by atoms with E-state index in [2.05, 4.69) is 15.5 Å². The number of piperazine rings is 1. The van der Waals surface area contributed by atoms with Gasteiger partial charge in [-0.1, -0.05) is 25.2 Å². The Morgan fingerprint density at radius 3 is 2.32 bits per heavy atom. The van der Waals surface area contributed by atoms with Crippen LogP contribution in [-0.2, 0) is 14.8 Å². The van der Waals surface area contributed by atoms with Crippen molar-refractivity contribution >= 4 is 38.8 Å². The molecule has 0 bridgehead atoms. The van der Waals surface area contributed by atoms with E-state index < -0.39 is 10.0 Å². The minimum absolute atomic E-state index is 0.113. The number of benzene rings is 1. The molecular weight excluding hydrogens is 402 g/mol. The average molecular weight is 424 g/mol. The van der Waals surface area contributed by atoms with Crippen LogP contribution in [-0.4, -0.2) is 66.3 Å². The smallest absolute Gasteiger partial charge is 0.257 e. The van der Waals surface area contributed by atoms with Crippen LogP contribution in [0.4, 0.5) is 5.13 Å². The molecule has 0 radical (unpaired) electrons. The predicted molar refractivity (Wildman–Crippen MR) is 105 cm³/mol. The predicted octanol–water partition coefficient (Wildman–Crippen LogP) is 1.38. The van der Waals surface area contributed by atoms with Crippen LogP contribution >= 0.6 is 11.3 Å². The number of carbonyl (C=O) groups excluding carboxylic acids is 2. The number of carbonyl (C=O) groups is 2. The summed E-state index contributed by atoms with van der Waals surface area (Å²) in [5.74, 6) is -0.156. The molecule has 0 spiro atoms. The molecule has 1 aromatic carbocycles. The normalized spacial score (nSPS) is 15.6. The van der Waals surface area contributed by atoms with Gasteiger partial charge in [0.2, 0.25) is 21.6 Å². The molecule has 150 valence electrons. The van der Waals surface area contributed by atoms with Crippen molar-refractivity contribution in [2.75, 3.05) is 31.5 Å². The Morgan fingerprint density at radius 1 is 1.14 bits per heavy atom. The van der Waals surface area contributed by atoms with E-state index in [-0.39, 0.29) is 29.8 Å². The highest BCUT2D eigenvalue weighted by atomic mass is 32.2. The molecule has 1 N–H and O–H groups in total. The van der Waals surface area contributed by atoms with Crippen molar-refractivity contribution in [3.05, 3.63) is 34.8 Å². The number of sulfonamides is 1. The Hall–Kier alpha value is -2.37. The van der Waals surface area contributed by atoms with Crippen molar-refractivity contribution in [2.24, 2.45) is 0 Å². The molecule has 28 heavy (non-hydrogen) atoms. The molecule has 1 aliphatic rings. The molecule has 2 aromatic rings. The van der Waals surface area contributed by atoms with Gasteiger partial charge in [0.25, 0.3) is 5.91 Å². The fourth-order valence-electron chi connectivity index (χ4n) is 2.66. The minimum atomic E-state index is -3.66. The third kappa shape index (κ3) is 4.37. The van der Waals surface area contributed by atoms with Crippen LogP contribution in [0.2, 0.25) is 0 Å². The van der Waals surface area contributed by atoms with Crippen LogP contribution in [0.1, 0.15) is 35.1 Å². The SMILES string of the molecule is CC(C)c1nnc(NC(=O)c2ccc(S(=O)(=O)N3CCN(C=O)CC3)cc2)s1. The Morgan fingerprint density at radius 2 is 1.79 bits per heavy atom. The average Bonchev–Trinajstić information content (AvgIpc) is 3.17. The molecule has 0 saturated carbocycles. The van der Waals surface area contributed by atoms with Gasteiger partial charge in [0, 0.05) is 37.7 Å². The number of hydrogen-bond donors (Lipinski definition) is 1. The molecule has 0 atom stereocenters. The van der Waals surface area contributed by atoms with E-state index in [1.807, 2.05) is 13.8 Å².